The van der Waals surface area contributed by atoms with E-state index in [1.165, 1.54) is 30.0 Å². The van der Waals surface area contributed by atoms with Gasteiger partial charge in [0.05, 0.1) is 24.9 Å². The number of methoxy groups -OCH3 is 2. The van der Waals surface area contributed by atoms with Crippen LogP contribution in [0.5, 0.6) is 23.0 Å². The number of rotatable bonds is 22. The predicted octanol–water partition coefficient (Wildman–Crippen LogP) is 9.87. The number of oxime groups is 1. The fourth-order valence-electron chi connectivity index (χ4n) is 8.65. The summed E-state index contributed by atoms with van der Waals surface area (Å²) in [6.07, 6.45) is 3.86. The summed E-state index contributed by atoms with van der Waals surface area (Å²) >= 11 is 11.7. The van der Waals surface area contributed by atoms with Crippen LogP contribution in [0, 0.1) is 6.92 Å². The van der Waals surface area contributed by atoms with Crippen molar-refractivity contribution in [1.82, 2.24) is 35.4 Å². The number of ketones is 1. The van der Waals surface area contributed by atoms with Crippen LogP contribution in [0.15, 0.2) is 167 Å². The van der Waals surface area contributed by atoms with E-state index in [4.69, 9.17) is 40.5 Å². The Morgan fingerprint density at radius 3 is 2.08 bits per heavy atom. The lowest BCUT2D eigenvalue weighted by molar-refractivity contribution is -0.596. The Kier molecular flexibility index (Phi) is 17.0. The number of pyridine rings is 1. The molecule has 1 saturated heterocycles. The van der Waals surface area contributed by atoms with Crippen LogP contribution in [0.3, 0.4) is 0 Å². The second kappa shape index (κ2) is 24.5. The average molecular weight is 1150 g/mol. The molecule has 17 nitrogen and oxygen atoms in total. The topological polar surface area (TPSA) is 185 Å². The molecule has 2 aliphatic rings. The normalized spacial score (nSPS) is 15.3. The molecule has 3 aromatic heterocycles. The van der Waals surface area contributed by atoms with Gasteiger partial charge in [-0.1, -0.05) is 102 Å². The van der Waals surface area contributed by atoms with E-state index < -0.39 is 29.0 Å². The minimum atomic E-state index is -1.31. The highest BCUT2D eigenvalue weighted by molar-refractivity contribution is 8.01. The molecular weight excluding hydrogens is 1090 g/mol. The molecule has 1 fully saturated rings. The third-order valence-corrected chi connectivity index (χ3v) is 16.9. The number of Topliss-reactive ketones (excluding diaryl/α,β-unsaturated/α-hetero) is 1. The summed E-state index contributed by atoms with van der Waals surface area (Å²) in [6, 6.07) is 41.5. The molecule has 5 heterocycles. The zero-order valence-electron chi connectivity index (χ0n) is 44.4. The van der Waals surface area contributed by atoms with E-state index >= 15 is 0 Å². The molecule has 2 aliphatic heterocycles. The van der Waals surface area contributed by atoms with Crippen LogP contribution in [0.25, 0.3) is 11.4 Å². The molecule has 2 amide bonds. The highest BCUT2D eigenvalue weighted by atomic mass is 35.5. The number of fused-ring (bicyclic) bond motifs is 1. The van der Waals surface area contributed by atoms with E-state index in [-0.39, 0.29) is 42.1 Å². The number of hydrogen-bond acceptors (Lipinski definition) is 16. The van der Waals surface area contributed by atoms with Crippen LogP contribution in [0.4, 0.5) is 0 Å². The zero-order chi connectivity index (χ0) is 55.9. The van der Waals surface area contributed by atoms with E-state index in [0.29, 0.717) is 44.4 Å². The Morgan fingerprint density at radius 1 is 0.863 bits per heavy atom. The number of halogens is 1. The number of hydrogen-bond donors (Lipinski definition) is 1. The molecule has 0 bridgehead atoms. The third-order valence-electron chi connectivity index (χ3n) is 13.4. The molecule has 21 heteroatoms. The maximum absolute atomic E-state index is 14.6. The summed E-state index contributed by atoms with van der Waals surface area (Å²) in [5.41, 5.74) is 4.64. The molecule has 408 valence electrons. The highest BCUT2D eigenvalue weighted by Crippen LogP contribution is 2.45. The molecule has 0 unspecified atom stereocenters. The number of β-lactam (4-membered cyclic amide) rings is 1. The summed E-state index contributed by atoms with van der Waals surface area (Å²) in [7, 11) is 3.25. The number of carbonyl (C=O) groups is 3. The van der Waals surface area contributed by atoms with Gasteiger partial charge in [-0.05, 0) is 91.1 Å². The van der Waals surface area contributed by atoms with Crippen LogP contribution in [0.1, 0.15) is 65.6 Å². The SMILES string of the molecule is COc1ccc(COc2ccc(-[n+]3ccc(SCC4=C(c5nnn(C(c6ccccc6)c6ccccc6)n5)N5C(=O)[C@@H](NC(=O)/C(=N\OC(C)(C)C(C)=O)c6csc(C)n6)[C@H]5SC4)cc3)c(Cl)c2OCc2ccc(OC)cc2)cc1. The van der Waals surface area contributed by atoms with Gasteiger partial charge in [0.1, 0.15) is 47.9 Å². The van der Waals surface area contributed by atoms with Gasteiger partial charge in [0.25, 0.3) is 11.8 Å². The van der Waals surface area contributed by atoms with E-state index in [9.17, 15) is 14.4 Å². The first kappa shape index (κ1) is 55.3. The Labute approximate surface area is 479 Å². The van der Waals surface area contributed by atoms with Gasteiger partial charge in [0.2, 0.25) is 11.5 Å². The van der Waals surface area contributed by atoms with Crippen LogP contribution in [-0.2, 0) is 32.4 Å². The fraction of sp³-hybridized carbons (Fsp3) is 0.237. The van der Waals surface area contributed by atoms with Gasteiger partial charge in [-0.15, -0.1) is 45.1 Å². The molecule has 10 rings (SSSR count). The molecule has 0 spiro atoms. The lowest BCUT2D eigenvalue weighted by Crippen LogP contribution is -2.70. The van der Waals surface area contributed by atoms with Crippen molar-refractivity contribution >= 4 is 75.5 Å². The molecule has 0 saturated carbocycles. The van der Waals surface area contributed by atoms with Crippen molar-refractivity contribution in [3.05, 3.63) is 201 Å². The Balaban J connectivity index is 0.927. The zero-order valence-corrected chi connectivity index (χ0v) is 47.6. The van der Waals surface area contributed by atoms with Crippen molar-refractivity contribution in [3.63, 3.8) is 0 Å². The standard InChI is InChI=1S/C59H54ClN9O8S3/c1-36(70)59(3,4)77-65-50(46-35-78-37(2)61-46)56(71)62-51-57(72)68-53(55-63-66-69(64-55)52(40-13-9-7-10-14-40)41-15-11-8-12-16-41)42(34-80-58(51)68)33-79-45-27-29-67(30-28-45)47-25-26-48(75-31-38-17-21-43(73-5)22-18-38)54(49(47)60)76-32-39-19-23-44(74-6)24-20-39/h7-30,35,51-52,58H,31-34H2,1-6H3/p+1/b65-50-/t51-,58-/m1/s1. The van der Waals surface area contributed by atoms with Gasteiger partial charge < -0.3 is 29.1 Å². The molecule has 0 aliphatic carbocycles. The van der Waals surface area contributed by atoms with E-state index in [0.717, 1.165) is 44.2 Å². The van der Waals surface area contributed by atoms with Crippen molar-refractivity contribution in [2.75, 3.05) is 25.7 Å². The van der Waals surface area contributed by atoms with Crippen molar-refractivity contribution in [2.24, 2.45) is 5.16 Å². The number of nitrogens with zero attached hydrogens (tertiary/aromatic N) is 8. The number of tetrazole rings is 1. The molecular formula is C59H55ClN9O8S3+. The van der Waals surface area contributed by atoms with E-state index in [1.54, 1.807) is 61.8 Å². The number of ether oxygens (including phenoxy) is 4. The van der Waals surface area contributed by atoms with Crippen molar-refractivity contribution in [3.8, 4) is 28.7 Å². The Morgan fingerprint density at radius 2 is 1.49 bits per heavy atom. The van der Waals surface area contributed by atoms with Gasteiger partial charge in [-0.25, -0.2) is 4.98 Å². The fourth-order valence-corrected chi connectivity index (χ4v) is 11.9. The molecule has 80 heavy (non-hydrogen) atoms. The van der Waals surface area contributed by atoms with Crippen LogP contribution in [0.2, 0.25) is 5.02 Å². The van der Waals surface area contributed by atoms with Crippen LogP contribution >= 0.6 is 46.5 Å². The monoisotopic (exact) mass is 1150 g/mol. The maximum atomic E-state index is 14.6. The van der Waals surface area contributed by atoms with Crippen molar-refractivity contribution in [2.45, 2.75) is 68.9 Å². The number of carbonyl (C=O) groups excluding carboxylic acids is 3. The average Bonchev–Trinajstić information content (AvgIpc) is 4.25. The number of amides is 2. The summed E-state index contributed by atoms with van der Waals surface area (Å²) < 4.78 is 25.4. The quantitative estimate of drug-likeness (QED) is 0.0222. The summed E-state index contributed by atoms with van der Waals surface area (Å²) in [6.45, 7) is 6.81. The van der Waals surface area contributed by atoms with E-state index in [1.807, 2.05) is 150 Å². The second-order valence-electron chi connectivity index (χ2n) is 19.0. The second-order valence-corrected chi connectivity index (χ2v) is 22.6. The molecule has 8 aromatic rings. The lowest BCUT2D eigenvalue weighted by atomic mass is 9.99. The van der Waals surface area contributed by atoms with Gasteiger partial charge in [0, 0.05) is 40.0 Å². The van der Waals surface area contributed by atoms with Crippen molar-refractivity contribution in [1.29, 1.82) is 0 Å². The highest BCUT2D eigenvalue weighted by Gasteiger charge is 2.54. The first-order valence-electron chi connectivity index (χ1n) is 25.3. The molecule has 1 N–H and O–H groups in total. The first-order chi connectivity index (χ1) is 38.8. The van der Waals surface area contributed by atoms with Gasteiger partial charge in [-0.3, -0.25) is 19.3 Å². The van der Waals surface area contributed by atoms with Gasteiger partial charge in [0.15, 0.2) is 46.0 Å². The summed E-state index contributed by atoms with van der Waals surface area (Å²) in [5.74, 6) is 2.25. The number of nitrogens with one attached hydrogen (secondary N) is 1. The molecule has 5 aromatic carbocycles. The maximum Gasteiger partial charge on any atom is 0.276 e. The predicted molar refractivity (Wildman–Crippen MR) is 307 cm³/mol. The third kappa shape index (κ3) is 12.2. The first-order valence-corrected chi connectivity index (χ1v) is 28.6. The Hall–Kier alpha value is -8.04. The number of thiazole rings is 1. The minimum Gasteiger partial charge on any atom is -0.497 e. The van der Waals surface area contributed by atoms with Crippen LogP contribution < -0.4 is 28.8 Å². The number of thioether (sulfide) groups is 2. The summed E-state index contributed by atoms with van der Waals surface area (Å²) in [5, 5.41) is 23.5. The largest absolute Gasteiger partial charge is 0.497 e. The molecule has 2 atom stereocenters. The lowest BCUT2D eigenvalue weighted by Gasteiger charge is -2.49. The van der Waals surface area contributed by atoms with Gasteiger partial charge >= 0.3 is 0 Å². The minimum absolute atomic E-state index is 0.155. The van der Waals surface area contributed by atoms with Gasteiger partial charge in [-0.2, -0.15) is 9.36 Å². The number of aromatic nitrogens is 6. The Bertz CT molecular complexity index is 3540. The van der Waals surface area contributed by atoms with Crippen LogP contribution in [-0.4, -0.2) is 96.1 Å². The smallest absolute Gasteiger partial charge is 0.276 e. The number of benzene rings is 5. The summed E-state index contributed by atoms with van der Waals surface area (Å²) in [4.78, 5) is 55.3. The van der Waals surface area contributed by atoms with Crippen molar-refractivity contribution < 1.29 is 42.7 Å². The number of aryl methyl sites for hydroxylation is 1. The van der Waals surface area contributed by atoms with E-state index in [2.05, 4.69) is 25.8 Å². The molecule has 0 radical (unpaired) electrons.